The van der Waals surface area contributed by atoms with Gasteiger partial charge in [0.15, 0.2) is 5.82 Å². The molecule has 0 aliphatic heterocycles. The van der Waals surface area contributed by atoms with Crippen molar-refractivity contribution >= 4 is 0 Å². The fourth-order valence-corrected chi connectivity index (χ4v) is 2.73. The minimum absolute atomic E-state index is 0.0843. The van der Waals surface area contributed by atoms with E-state index in [1.807, 2.05) is 0 Å². The summed E-state index contributed by atoms with van der Waals surface area (Å²) in [4.78, 5) is 4.37. The average Bonchev–Trinajstić information content (AvgIpc) is 2.99. The highest BCUT2D eigenvalue weighted by molar-refractivity contribution is 5.54. The maximum Gasteiger partial charge on any atom is 0.387 e. The molecule has 1 aliphatic rings. The molecule has 0 unspecified atom stereocenters. The van der Waals surface area contributed by atoms with Crippen LogP contribution in [0.2, 0.25) is 0 Å². The summed E-state index contributed by atoms with van der Waals surface area (Å²) in [6.45, 7) is -2.84. The third kappa shape index (κ3) is 3.09. The Kier molecular flexibility index (Phi) is 4.06. The molecule has 2 aromatic rings. The summed E-state index contributed by atoms with van der Waals surface area (Å²) in [5, 5.41) is 4.00. The molecular formula is C15H17F2N3O2. The Labute approximate surface area is 126 Å². The Morgan fingerprint density at radius 3 is 2.45 bits per heavy atom. The van der Waals surface area contributed by atoms with Gasteiger partial charge in [-0.3, -0.25) is 0 Å². The first-order chi connectivity index (χ1) is 10.6. The molecule has 0 saturated heterocycles. The summed E-state index contributed by atoms with van der Waals surface area (Å²) in [6, 6.07) is 6.06. The van der Waals surface area contributed by atoms with E-state index in [0.29, 0.717) is 17.3 Å². The van der Waals surface area contributed by atoms with Crippen molar-refractivity contribution in [1.82, 2.24) is 10.1 Å². The average molecular weight is 309 g/mol. The molecule has 0 bridgehead atoms. The third-order valence-corrected chi connectivity index (χ3v) is 3.94. The molecule has 1 aliphatic carbocycles. The maximum absolute atomic E-state index is 12.1. The van der Waals surface area contributed by atoms with Crippen molar-refractivity contribution in [2.45, 2.75) is 44.3 Å². The van der Waals surface area contributed by atoms with Gasteiger partial charge in [-0.25, -0.2) is 0 Å². The van der Waals surface area contributed by atoms with Gasteiger partial charge in [0.25, 0.3) is 5.89 Å². The van der Waals surface area contributed by atoms with Crippen LogP contribution in [0.25, 0.3) is 11.5 Å². The fraction of sp³-hybridized carbons (Fsp3) is 0.467. The minimum atomic E-state index is -2.84. The first-order valence-electron chi connectivity index (χ1n) is 7.25. The van der Waals surface area contributed by atoms with Crippen molar-refractivity contribution in [2.24, 2.45) is 5.73 Å². The first kappa shape index (κ1) is 14.9. The summed E-state index contributed by atoms with van der Waals surface area (Å²) in [5.41, 5.74) is 6.47. The van der Waals surface area contributed by atoms with Gasteiger partial charge >= 0.3 is 6.61 Å². The number of ether oxygens (including phenoxy) is 1. The van der Waals surface area contributed by atoms with Gasteiger partial charge in [-0.1, -0.05) is 24.4 Å². The number of rotatable bonds is 4. The van der Waals surface area contributed by atoms with E-state index in [0.717, 1.165) is 25.7 Å². The van der Waals surface area contributed by atoms with Crippen molar-refractivity contribution in [2.75, 3.05) is 0 Å². The lowest BCUT2D eigenvalue weighted by atomic mass is 9.82. The lowest BCUT2D eigenvalue weighted by Gasteiger charge is -2.29. The zero-order valence-electron chi connectivity index (χ0n) is 12.0. The molecule has 0 radical (unpaired) electrons. The predicted molar refractivity (Wildman–Crippen MR) is 75.3 cm³/mol. The summed E-state index contributed by atoms with van der Waals surface area (Å²) >= 11 is 0. The highest BCUT2D eigenvalue weighted by Crippen LogP contribution is 2.34. The first-order valence-corrected chi connectivity index (χ1v) is 7.25. The largest absolute Gasteiger partial charge is 0.435 e. The molecule has 118 valence electrons. The highest BCUT2D eigenvalue weighted by atomic mass is 19.3. The predicted octanol–water partition coefficient (Wildman–Crippen LogP) is 3.46. The van der Waals surface area contributed by atoms with Gasteiger partial charge in [0.05, 0.1) is 5.54 Å². The van der Waals surface area contributed by atoms with Gasteiger partial charge in [-0.15, -0.1) is 0 Å². The zero-order valence-corrected chi connectivity index (χ0v) is 12.0. The Balaban J connectivity index is 1.78. The molecule has 5 nitrogen and oxygen atoms in total. The number of nitrogens with zero attached hydrogens (tertiary/aromatic N) is 2. The van der Waals surface area contributed by atoms with E-state index in [1.54, 1.807) is 12.1 Å². The number of alkyl halides is 2. The second-order valence-electron chi connectivity index (χ2n) is 5.54. The van der Waals surface area contributed by atoms with E-state index in [4.69, 9.17) is 10.3 Å². The maximum atomic E-state index is 12.1. The smallest absolute Gasteiger partial charge is 0.387 e. The molecule has 0 spiro atoms. The molecule has 0 amide bonds. The van der Waals surface area contributed by atoms with Crippen LogP contribution in [-0.4, -0.2) is 16.8 Å². The summed E-state index contributed by atoms with van der Waals surface area (Å²) in [5.74, 6) is 0.921. The standard InChI is InChI=1S/C15H17F2N3O2/c16-14(17)21-11-6-4-10(5-7-11)12-19-13(20-22-12)15(18)8-2-1-3-9-15/h4-7,14H,1-3,8-9,18H2. The number of nitrogens with two attached hydrogens (primary N) is 1. The quantitative estimate of drug-likeness (QED) is 0.936. The zero-order chi connectivity index (χ0) is 15.6. The van der Waals surface area contributed by atoms with Crippen LogP contribution in [-0.2, 0) is 5.54 Å². The van der Waals surface area contributed by atoms with Crippen LogP contribution in [0.3, 0.4) is 0 Å². The van der Waals surface area contributed by atoms with E-state index in [1.165, 1.54) is 18.6 Å². The molecule has 1 saturated carbocycles. The number of hydrogen-bond acceptors (Lipinski definition) is 5. The van der Waals surface area contributed by atoms with Crippen LogP contribution in [0.1, 0.15) is 37.9 Å². The number of halogens is 2. The Morgan fingerprint density at radius 1 is 1.14 bits per heavy atom. The Morgan fingerprint density at radius 2 is 1.82 bits per heavy atom. The lowest BCUT2D eigenvalue weighted by Crippen LogP contribution is -2.39. The molecule has 1 aromatic heterocycles. The third-order valence-electron chi connectivity index (χ3n) is 3.94. The number of benzene rings is 1. The minimum Gasteiger partial charge on any atom is -0.435 e. The van der Waals surface area contributed by atoms with Gasteiger partial charge in [0, 0.05) is 5.56 Å². The topological polar surface area (TPSA) is 74.2 Å². The molecule has 0 atom stereocenters. The van der Waals surface area contributed by atoms with Gasteiger partial charge in [-0.2, -0.15) is 13.8 Å². The summed E-state index contributed by atoms with van der Waals surface area (Å²) in [6.07, 6.45) is 4.97. The van der Waals surface area contributed by atoms with Gasteiger partial charge in [-0.05, 0) is 37.1 Å². The molecule has 2 N–H and O–H groups in total. The fourth-order valence-electron chi connectivity index (χ4n) is 2.73. The van der Waals surface area contributed by atoms with Gasteiger partial charge in [0.1, 0.15) is 5.75 Å². The highest BCUT2D eigenvalue weighted by Gasteiger charge is 2.34. The second kappa shape index (κ2) is 6.00. The molecule has 7 heteroatoms. The molecule has 1 fully saturated rings. The van der Waals surface area contributed by atoms with Crippen molar-refractivity contribution in [3.8, 4) is 17.2 Å². The Bertz CT molecular complexity index is 622. The normalized spacial score (nSPS) is 17.6. The van der Waals surface area contributed by atoms with Gasteiger partial charge < -0.3 is 15.0 Å². The molecule has 22 heavy (non-hydrogen) atoms. The molecule has 1 aromatic carbocycles. The van der Waals surface area contributed by atoms with Gasteiger partial charge in [0.2, 0.25) is 0 Å². The molecule has 1 heterocycles. The molecule has 3 rings (SSSR count). The van der Waals surface area contributed by atoms with Crippen LogP contribution in [0.15, 0.2) is 28.8 Å². The van der Waals surface area contributed by atoms with Crippen LogP contribution < -0.4 is 10.5 Å². The SMILES string of the molecule is NC1(c2noc(-c3ccc(OC(F)F)cc3)n2)CCCCC1. The lowest BCUT2D eigenvalue weighted by molar-refractivity contribution is -0.0498. The van der Waals surface area contributed by atoms with E-state index in [2.05, 4.69) is 14.9 Å². The van der Waals surface area contributed by atoms with E-state index >= 15 is 0 Å². The van der Waals surface area contributed by atoms with Crippen LogP contribution in [0, 0.1) is 0 Å². The van der Waals surface area contributed by atoms with E-state index in [9.17, 15) is 8.78 Å². The van der Waals surface area contributed by atoms with Crippen LogP contribution in [0.5, 0.6) is 5.75 Å². The van der Waals surface area contributed by atoms with Crippen molar-refractivity contribution < 1.29 is 18.0 Å². The van der Waals surface area contributed by atoms with E-state index < -0.39 is 12.2 Å². The van der Waals surface area contributed by atoms with E-state index in [-0.39, 0.29) is 5.75 Å². The second-order valence-corrected chi connectivity index (χ2v) is 5.54. The van der Waals surface area contributed by atoms with Crippen molar-refractivity contribution in [3.63, 3.8) is 0 Å². The van der Waals surface area contributed by atoms with Crippen LogP contribution in [0.4, 0.5) is 8.78 Å². The molecular weight excluding hydrogens is 292 g/mol. The van der Waals surface area contributed by atoms with Crippen molar-refractivity contribution in [3.05, 3.63) is 30.1 Å². The Hall–Kier alpha value is -2.02. The summed E-state index contributed by atoms with van der Waals surface area (Å²) < 4.78 is 33.8. The van der Waals surface area contributed by atoms with Crippen LogP contribution >= 0.6 is 0 Å². The summed E-state index contributed by atoms with van der Waals surface area (Å²) in [7, 11) is 0. The number of hydrogen-bond donors (Lipinski definition) is 1. The monoisotopic (exact) mass is 309 g/mol. The number of aromatic nitrogens is 2. The van der Waals surface area contributed by atoms with Crippen molar-refractivity contribution in [1.29, 1.82) is 0 Å².